The molecule has 0 saturated carbocycles. The molecule has 0 fully saturated rings. The van der Waals surface area contributed by atoms with Crippen molar-refractivity contribution in [3.05, 3.63) is 99.2 Å². The van der Waals surface area contributed by atoms with Crippen molar-refractivity contribution >= 4 is 16.8 Å². The summed E-state index contributed by atoms with van der Waals surface area (Å²) in [5.41, 5.74) is 3.42. The smallest absolute Gasteiger partial charge is 0.254 e. The highest BCUT2D eigenvalue weighted by Crippen LogP contribution is 2.38. The van der Waals surface area contributed by atoms with Crippen LogP contribution in [-0.4, -0.2) is 4.92 Å². The van der Waals surface area contributed by atoms with Crippen molar-refractivity contribution in [2.75, 3.05) is 0 Å². The zero-order valence-corrected chi connectivity index (χ0v) is 12.5. The normalized spacial score (nSPS) is 16.7. The number of nitrogens with zero attached hydrogens (tertiary/aromatic N) is 1. The van der Waals surface area contributed by atoms with E-state index in [1.165, 1.54) is 0 Å². The second-order valence-corrected chi connectivity index (χ2v) is 5.85. The first-order valence-electron chi connectivity index (χ1n) is 7.65. The van der Waals surface area contributed by atoms with Gasteiger partial charge in [-0.3, -0.25) is 10.1 Å². The minimum atomic E-state index is -0.234. The average Bonchev–Trinajstić information content (AvgIpc) is 2.60. The number of benzene rings is 3. The minimum Gasteiger partial charge on any atom is -0.259 e. The highest BCUT2D eigenvalue weighted by molar-refractivity contribution is 5.87. The molecular formula is C20H15NO2. The van der Waals surface area contributed by atoms with Crippen molar-refractivity contribution in [1.29, 1.82) is 0 Å². The van der Waals surface area contributed by atoms with Crippen molar-refractivity contribution in [3.63, 3.8) is 0 Å². The maximum absolute atomic E-state index is 11.6. The highest BCUT2D eigenvalue weighted by atomic mass is 16.6. The fraction of sp³-hybridized carbons (Fsp3) is 0.100. The van der Waals surface area contributed by atoms with Crippen LogP contribution in [0.1, 0.15) is 22.6 Å². The quantitative estimate of drug-likeness (QED) is 0.504. The van der Waals surface area contributed by atoms with E-state index in [0.717, 1.165) is 27.5 Å². The van der Waals surface area contributed by atoms with Gasteiger partial charge in [0.25, 0.3) is 5.70 Å². The Balaban J connectivity index is 1.92. The Morgan fingerprint density at radius 1 is 0.913 bits per heavy atom. The van der Waals surface area contributed by atoms with Gasteiger partial charge in [-0.05, 0) is 33.9 Å². The molecule has 0 spiro atoms. The number of hydrogen-bond acceptors (Lipinski definition) is 2. The number of fused-ring (bicyclic) bond motifs is 2. The summed E-state index contributed by atoms with van der Waals surface area (Å²) >= 11 is 0. The summed E-state index contributed by atoms with van der Waals surface area (Å²) < 4.78 is 0. The van der Waals surface area contributed by atoms with Gasteiger partial charge in [-0.15, -0.1) is 0 Å². The standard InChI is InChI=1S/C20H15NO2/c22-21(23)20-13-16-8-2-1-7-15(16)12-19(20)18-11-5-9-14-6-3-4-10-17(14)18/h1-11,13,19H,12H2. The van der Waals surface area contributed by atoms with Crippen LogP contribution in [0, 0.1) is 10.1 Å². The summed E-state index contributed by atoms with van der Waals surface area (Å²) in [4.78, 5) is 11.4. The maximum Gasteiger partial charge on any atom is 0.254 e. The van der Waals surface area contributed by atoms with E-state index in [0.29, 0.717) is 6.42 Å². The molecule has 23 heavy (non-hydrogen) atoms. The van der Waals surface area contributed by atoms with Crippen molar-refractivity contribution < 1.29 is 4.92 Å². The molecule has 0 N–H and O–H groups in total. The summed E-state index contributed by atoms with van der Waals surface area (Å²) in [6.45, 7) is 0. The van der Waals surface area contributed by atoms with Gasteiger partial charge >= 0.3 is 0 Å². The second-order valence-electron chi connectivity index (χ2n) is 5.85. The van der Waals surface area contributed by atoms with Crippen LogP contribution in [0.15, 0.2) is 72.4 Å². The number of allylic oxidation sites excluding steroid dienone is 1. The van der Waals surface area contributed by atoms with E-state index in [4.69, 9.17) is 0 Å². The second kappa shape index (κ2) is 5.36. The Kier molecular flexibility index (Phi) is 3.19. The molecule has 3 aromatic carbocycles. The average molecular weight is 301 g/mol. The first-order chi connectivity index (χ1) is 11.2. The third kappa shape index (κ3) is 2.30. The molecule has 0 saturated heterocycles. The summed E-state index contributed by atoms with van der Waals surface area (Å²) in [6, 6.07) is 22.0. The van der Waals surface area contributed by atoms with E-state index in [2.05, 4.69) is 6.07 Å². The predicted octanol–water partition coefficient (Wildman–Crippen LogP) is 4.80. The van der Waals surface area contributed by atoms with Gasteiger partial charge in [0.2, 0.25) is 0 Å². The molecule has 1 unspecified atom stereocenters. The molecule has 1 atom stereocenters. The number of nitro groups is 1. The van der Waals surface area contributed by atoms with Gasteiger partial charge in [-0.2, -0.15) is 0 Å². The van der Waals surface area contributed by atoms with E-state index in [9.17, 15) is 10.1 Å². The fourth-order valence-electron chi connectivity index (χ4n) is 3.45. The molecule has 0 radical (unpaired) electrons. The van der Waals surface area contributed by atoms with Crippen LogP contribution in [0.5, 0.6) is 0 Å². The molecular weight excluding hydrogens is 286 g/mol. The molecule has 0 heterocycles. The third-order valence-electron chi connectivity index (χ3n) is 4.55. The van der Waals surface area contributed by atoms with Crippen LogP contribution < -0.4 is 0 Å². The van der Waals surface area contributed by atoms with Crippen LogP contribution in [-0.2, 0) is 6.42 Å². The predicted molar refractivity (Wildman–Crippen MR) is 91.8 cm³/mol. The molecule has 3 heteroatoms. The molecule has 4 rings (SSSR count). The van der Waals surface area contributed by atoms with E-state index in [-0.39, 0.29) is 16.5 Å². The summed E-state index contributed by atoms with van der Waals surface area (Å²) in [7, 11) is 0. The molecule has 3 aromatic rings. The third-order valence-corrected chi connectivity index (χ3v) is 4.55. The van der Waals surface area contributed by atoms with E-state index >= 15 is 0 Å². The largest absolute Gasteiger partial charge is 0.259 e. The molecule has 1 aliphatic rings. The molecule has 1 aliphatic carbocycles. The Morgan fingerprint density at radius 2 is 1.65 bits per heavy atom. The van der Waals surface area contributed by atoms with E-state index in [1.54, 1.807) is 6.08 Å². The Labute approximate surface area is 134 Å². The van der Waals surface area contributed by atoms with Gasteiger partial charge in [0, 0.05) is 6.08 Å². The molecule has 0 amide bonds. The molecule has 0 bridgehead atoms. The lowest BCUT2D eigenvalue weighted by Gasteiger charge is -2.22. The topological polar surface area (TPSA) is 43.1 Å². The number of rotatable bonds is 2. The lowest BCUT2D eigenvalue weighted by Crippen LogP contribution is -2.17. The molecule has 0 aliphatic heterocycles. The van der Waals surface area contributed by atoms with Crippen molar-refractivity contribution in [3.8, 4) is 0 Å². The van der Waals surface area contributed by atoms with Crippen molar-refractivity contribution in [2.24, 2.45) is 0 Å². The Morgan fingerprint density at radius 3 is 2.52 bits per heavy atom. The summed E-state index contributed by atoms with van der Waals surface area (Å²) in [5.74, 6) is -0.217. The first kappa shape index (κ1) is 13.7. The van der Waals surface area contributed by atoms with Gasteiger partial charge in [0.15, 0.2) is 0 Å². The highest BCUT2D eigenvalue weighted by Gasteiger charge is 2.32. The van der Waals surface area contributed by atoms with Crippen molar-refractivity contribution in [2.45, 2.75) is 12.3 Å². The lowest BCUT2D eigenvalue weighted by atomic mass is 9.81. The first-order valence-corrected chi connectivity index (χ1v) is 7.65. The van der Waals surface area contributed by atoms with Gasteiger partial charge in [-0.1, -0.05) is 66.7 Å². The van der Waals surface area contributed by atoms with Crippen LogP contribution in [0.3, 0.4) is 0 Å². The van der Waals surface area contributed by atoms with E-state index < -0.39 is 0 Å². The van der Waals surface area contributed by atoms with Gasteiger partial charge < -0.3 is 0 Å². The molecule has 0 aromatic heterocycles. The summed E-state index contributed by atoms with van der Waals surface area (Å²) in [5, 5.41) is 13.8. The SMILES string of the molecule is O=[N+]([O-])C1=Cc2ccccc2CC1c1cccc2ccccc12. The van der Waals surface area contributed by atoms with Gasteiger partial charge in [0.05, 0.1) is 10.8 Å². The van der Waals surface area contributed by atoms with Crippen LogP contribution in [0.25, 0.3) is 16.8 Å². The monoisotopic (exact) mass is 301 g/mol. The van der Waals surface area contributed by atoms with Crippen LogP contribution in [0.2, 0.25) is 0 Å². The van der Waals surface area contributed by atoms with E-state index in [1.807, 2.05) is 60.7 Å². The van der Waals surface area contributed by atoms with Gasteiger partial charge in [-0.25, -0.2) is 0 Å². The zero-order valence-electron chi connectivity index (χ0n) is 12.5. The van der Waals surface area contributed by atoms with Crippen LogP contribution in [0.4, 0.5) is 0 Å². The van der Waals surface area contributed by atoms with Gasteiger partial charge in [0.1, 0.15) is 0 Å². The maximum atomic E-state index is 11.6. The summed E-state index contributed by atoms with van der Waals surface area (Å²) in [6.07, 6.45) is 2.39. The number of hydrogen-bond donors (Lipinski definition) is 0. The molecule has 3 nitrogen and oxygen atoms in total. The lowest BCUT2D eigenvalue weighted by molar-refractivity contribution is -0.428. The zero-order chi connectivity index (χ0) is 15.8. The van der Waals surface area contributed by atoms with Crippen molar-refractivity contribution in [1.82, 2.24) is 0 Å². The Hall–Kier alpha value is -2.94. The minimum absolute atomic E-state index is 0.217. The fourth-order valence-corrected chi connectivity index (χ4v) is 3.45. The molecule has 112 valence electrons. The Bertz CT molecular complexity index is 938. The van der Waals surface area contributed by atoms with Crippen LogP contribution >= 0.6 is 0 Å².